The maximum Gasteiger partial charge on any atom is 0.228 e. The van der Waals surface area contributed by atoms with Crippen molar-refractivity contribution in [2.75, 3.05) is 33.1 Å². The fraction of sp³-hybridized carbons (Fsp3) is 0.429. The summed E-state index contributed by atoms with van der Waals surface area (Å²) in [5, 5.41) is 18.9. The number of carbonyl (C=O) groups excluding carboxylic acids is 2. The number of ether oxygens (including phenoxy) is 1. The van der Waals surface area contributed by atoms with Crippen LogP contribution >= 0.6 is 11.6 Å². The normalized spacial score (nSPS) is 23.9. The van der Waals surface area contributed by atoms with E-state index in [9.17, 15) is 14.7 Å². The van der Waals surface area contributed by atoms with E-state index in [-0.39, 0.29) is 30.2 Å². The van der Waals surface area contributed by atoms with Crippen LogP contribution in [0.15, 0.2) is 42.5 Å². The predicted octanol–water partition coefficient (Wildman–Crippen LogP) is 4.18. The summed E-state index contributed by atoms with van der Waals surface area (Å²) in [6.07, 6.45) is 3.86. The van der Waals surface area contributed by atoms with Gasteiger partial charge in [-0.1, -0.05) is 35.9 Å². The van der Waals surface area contributed by atoms with Crippen molar-refractivity contribution in [3.8, 4) is 5.75 Å². The van der Waals surface area contributed by atoms with Crippen molar-refractivity contribution in [2.45, 2.75) is 44.2 Å². The Morgan fingerprint density at radius 1 is 1.31 bits per heavy atom. The summed E-state index contributed by atoms with van der Waals surface area (Å²) in [4.78, 5) is 26.3. The van der Waals surface area contributed by atoms with E-state index >= 15 is 0 Å². The van der Waals surface area contributed by atoms with Crippen LogP contribution in [0.2, 0.25) is 5.02 Å². The summed E-state index contributed by atoms with van der Waals surface area (Å²) >= 11 is 6.25. The molecule has 2 aromatic rings. The van der Waals surface area contributed by atoms with Gasteiger partial charge in [-0.25, -0.2) is 0 Å². The molecular formula is C28H34ClN3O4. The highest BCUT2D eigenvalue weighted by molar-refractivity contribution is 6.31. The van der Waals surface area contributed by atoms with Gasteiger partial charge >= 0.3 is 0 Å². The summed E-state index contributed by atoms with van der Waals surface area (Å²) in [7, 11) is 5.58. The number of rotatable bonds is 6. The van der Waals surface area contributed by atoms with Gasteiger partial charge in [-0.05, 0) is 62.7 Å². The summed E-state index contributed by atoms with van der Waals surface area (Å²) in [6.45, 7) is 2.17. The molecule has 2 aromatic carbocycles. The van der Waals surface area contributed by atoms with Gasteiger partial charge in [-0.15, -0.1) is 0 Å². The van der Waals surface area contributed by atoms with E-state index in [1.165, 1.54) is 6.92 Å². The average Bonchev–Trinajstić information content (AvgIpc) is 2.97. The van der Waals surface area contributed by atoms with Crippen LogP contribution < -0.4 is 15.4 Å². The SMILES string of the molecule is COc1cccc(C2(O)CCC(NC(C)=O)CC2CN(C)C)c1C1=CCC(=O)Nc2cc(Cl)ccc21. The van der Waals surface area contributed by atoms with E-state index in [1.807, 2.05) is 44.4 Å². The van der Waals surface area contributed by atoms with Crippen molar-refractivity contribution in [3.63, 3.8) is 0 Å². The number of amides is 2. The molecule has 1 saturated carbocycles. The number of carbonyl (C=O) groups is 2. The Bertz CT molecular complexity index is 1200. The Balaban J connectivity index is 1.88. The van der Waals surface area contributed by atoms with Crippen LogP contribution in [0.5, 0.6) is 5.75 Å². The number of methoxy groups -OCH3 is 1. The lowest BCUT2D eigenvalue weighted by molar-refractivity contribution is -0.121. The molecule has 7 nitrogen and oxygen atoms in total. The molecule has 1 aliphatic heterocycles. The van der Waals surface area contributed by atoms with E-state index in [1.54, 1.807) is 19.2 Å². The largest absolute Gasteiger partial charge is 0.496 e. The highest BCUT2D eigenvalue weighted by Crippen LogP contribution is 2.48. The lowest BCUT2D eigenvalue weighted by atomic mass is 9.67. The zero-order chi connectivity index (χ0) is 26.0. The second kappa shape index (κ2) is 10.6. The zero-order valence-corrected chi connectivity index (χ0v) is 22.0. The smallest absolute Gasteiger partial charge is 0.228 e. The second-order valence-corrected chi connectivity index (χ2v) is 10.4. The van der Waals surface area contributed by atoms with Gasteiger partial charge in [0.1, 0.15) is 5.75 Å². The minimum absolute atomic E-state index is 0.00330. The first-order valence-corrected chi connectivity index (χ1v) is 12.6. The van der Waals surface area contributed by atoms with Crippen molar-refractivity contribution >= 4 is 34.7 Å². The molecule has 1 aliphatic carbocycles. The lowest BCUT2D eigenvalue weighted by Crippen LogP contribution is -2.50. The van der Waals surface area contributed by atoms with Gasteiger partial charge in [-0.3, -0.25) is 9.59 Å². The molecule has 2 aliphatic rings. The molecule has 1 heterocycles. The molecule has 0 aromatic heterocycles. The number of aliphatic hydroxyl groups is 1. The first-order chi connectivity index (χ1) is 17.1. The number of fused-ring (bicyclic) bond motifs is 1. The highest BCUT2D eigenvalue weighted by Gasteiger charge is 2.45. The number of nitrogens with zero attached hydrogens (tertiary/aromatic N) is 1. The van der Waals surface area contributed by atoms with Gasteiger partial charge in [-0.2, -0.15) is 0 Å². The van der Waals surface area contributed by atoms with Crippen molar-refractivity contribution < 1.29 is 19.4 Å². The van der Waals surface area contributed by atoms with E-state index < -0.39 is 5.60 Å². The maximum atomic E-state index is 12.5. The second-order valence-electron chi connectivity index (χ2n) is 10.00. The van der Waals surface area contributed by atoms with Crippen molar-refractivity contribution in [2.24, 2.45) is 5.92 Å². The number of halogens is 1. The fourth-order valence-electron chi connectivity index (χ4n) is 5.63. The minimum atomic E-state index is -1.17. The number of hydrogen-bond acceptors (Lipinski definition) is 5. The molecule has 0 saturated heterocycles. The predicted molar refractivity (Wildman–Crippen MR) is 142 cm³/mol. The van der Waals surface area contributed by atoms with Gasteiger partial charge in [0.25, 0.3) is 0 Å². The molecule has 0 spiro atoms. The number of hydrogen-bond donors (Lipinski definition) is 3. The zero-order valence-electron chi connectivity index (χ0n) is 21.2. The van der Waals surface area contributed by atoms with Crippen LogP contribution in [0.1, 0.15) is 49.3 Å². The van der Waals surface area contributed by atoms with Crippen LogP contribution in [-0.4, -0.2) is 55.6 Å². The van der Waals surface area contributed by atoms with Gasteiger partial charge < -0.3 is 25.4 Å². The van der Waals surface area contributed by atoms with E-state index in [2.05, 4.69) is 15.5 Å². The summed E-state index contributed by atoms with van der Waals surface area (Å²) in [6, 6.07) is 11.2. The first kappa shape index (κ1) is 26.2. The fourth-order valence-corrected chi connectivity index (χ4v) is 5.80. The van der Waals surface area contributed by atoms with Crippen LogP contribution in [0, 0.1) is 5.92 Å². The lowest BCUT2D eigenvalue weighted by Gasteiger charge is -2.45. The third kappa shape index (κ3) is 5.28. The highest BCUT2D eigenvalue weighted by atomic mass is 35.5. The summed E-state index contributed by atoms with van der Waals surface area (Å²) in [5.74, 6) is 0.284. The third-order valence-electron chi connectivity index (χ3n) is 7.13. The van der Waals surface area contributed by atoms with Gasteiger partial charge in [0.05, 0.1) is 18.4 Å². The van der Waals surface area contributed by atoms with Crippen molar-refractivity contribution in [3.05, 3.63) is 64.2 Å². The number of benzene rings is 2. The molecule has 4 rings (SSSR count). The molecule has 1 fully saturated rings. The number of anilines is 1. The van der Waals surface area contributed by atoms with Crippen molar-refractivity contribution in [1.82, 2.24) is 10.2 Å². The van der Waals surface area contributed by atoms with Gasteiger partial charge in [0.2, 0.25) is 11.8 Å². The molecule has 0 radical (unpaired) electrons. The molecule has 2 amide bonds. The van der Waals surface area contributed by atoms with Crippen LogP contribution in [0.3, 0.4) is 0 Å². The average molecular weight is 512 g/mol. The molecule has 3 unspecified atom stereocenters. The Hall–Kier alpha value is -2.87. The Morgan fingerprint density at radius 2 is 2.08 bits per heavy atom. The standard InChI is InChI=1S/C28H34ClN3O4/c1-17(33)30-20-12-13-28(35,18(14-20)16-32(2)3)23-6-5-7-25(36-4)27(23)22-10-11-26(34)31-24-15-19(29)8-9-21(22)24/h5-10,15,18,20,35H,11-14,16H2,1-4H3,(H,30,33)(H,31,34). The molecule has 3 atom stereocenters. The van der Waals surface area contributed by atoms with Crippen LogP contribution in [0.25, 0.3) is 5.57 Å². The van der Waals surface area contributed by atoms with Crippen LogP contribution in [0.4, 0.5) is 5.69 Å². The Labute approximate surface area is 217 Å². The Kier molecular flexibility index (Phi) is 7.73. The molecule has 192 valence electrons. The summed E-state index contributed by atoms with van der Waals surface area (Å²) < 4.78 is 5.82. The van der Waals surface area contributed by atoms with E-state index in [0.29, 0.717) is 42.3 Å². The molecule has 36 heavy (non-hydrogen) atoms. The Morgan fingerprint density at radius 3 is 2.78 bits per heavy atom. The first-order valence-electron chi connectivity index (χ1n) is 12.2. The molecule has 8 heteroatoms. The molecular weight excluding hydrogens is 478 g/mol. The third-order valence-corrected chi connectivity index (χ3v) is 7.37. The summed E-state index contributed by atoms with van der Waals surface area (Å²) in [5.41, 5.74) is 2.62. The number of nitrogens with one attached hydrogen (secondary N) is 2. The topological polar surface area (TPSA) is 90.9 Å². The molecule has 0 bridgehead atoms. The van der Waals surface area contributed by atoms with E-state index in [0.717, 1.165) is 22.3 Å². The van der Waals surface area contributed by atoms with Gasteiger partial charge in [0, 0.05) is 48.0 Å². The van der Waals surface area contributed by atoms with Gasteiger partial charge in [0.15, 0.2) is 0 Å². The van der Waals surface area contributed by atoms with E-state index in [4.69, 9.17) is 16.3 Å². The molecule has 3 N–H and O–H groups in total. The van der Waals surface area contributed by atoms with Crippen molar-refractivity contribution in [1.29, 1.82) is 0 Å². The quantitative estimate of drug-likeness (QED) is 0.541. The van der Waals surface area contributed by atoms with Crippen LogP contribution in [-0.2, 0) is 15.2 Å². The minimum Gasteiger partial charge on any atom is -0.496 e. The maximum absolute atomic E-state index is 12.5. The monoisotopic (exact) mass is 511 g/mol.